The van der Waals surface area contributed by atoms with E-state index in [0.29, 0.717) is 36.2 Å². The summed E-state index contributed by atoms with van der Waals surface area (Å²) in [6.07, 6.45) is 0. The molecule has 1 heterocycles. The third-order valence-electron chi connectivity index (χ3n) is 2.89. The number of aryl methyl sites for hydroxylation is 1. The molecule has 0 aliphatic heterocycles. The maximum absolute atomic E-state index is 11.9. The number of amides is 2. The Hall–Kier alpha value is -2.52. The van der Waals surface area contributed by atoms with Crippen molar-refractivity contribution in [3.63, 3.8) is 0 Å². The molecule has 0 saturated carbocycles. The summed E-state index contributed by atoms with van der Waals surface area (Å²) in [7, 11) is 0. The van der Waals surface area contributed by atoms with Gasteiger partial charge in [0, 0.05) is 18.3 Å². The number of carbonyl (C=O) groups is 2. The third kappa shape index (κ3) is 6.86. The fourth-order valence-corrected chi connectivity index (χ4v) is 2.47. The average molecular weight is 364 g/mol. The molecule has 0 saturated heterocycles. The Balaban J connectivity index is 1.67. The van der Waals surface area contributed by atoms with E-state index in [0.717, 1.165) is 0 Å². The second-order valence-electron chi connectivity index (χ2n) is 5.07. The van der Waals surface area contributed by atoms with Crippen LogP contribution in [0, 0.1) is 6.92 Å². The van der Waals surface area contributed by atoms with Crippen LogP contribution in [-0.4, -0.2) is 41.6 Å². The van der Waals surface area contributed by atoms with Crippen molar-refractivity contribution in [2.24, 2.45) is 5.73 Å². The summed E-state index contributed by atoms with van der Waals surface area (Å²) in [4.78, 5) is 23.6. The van der Waals surface area contributed by atoms with E-state index in [4.69, 9.17) is 15.0 Å². The van der Waals surface area contributed by atoms with Gasteiger partial charge in [-0.15, -0.1) is 11.8 Å². The third-order valence-corrected chi connectivity index (χ3v) is 3.82. The van der Waals surface area contributed by atoms with E-state index in [-0.39, 0.29) is 23.3 Å². The van der Waals surface area contributed by atoms with E-state index >= 15 is 0 Å². The zero-order valence-corrected chi connectivity index (χ0v) is 14.6. The fraction of sp³-hybridized carbons (Fsp3) is 0.312. The highest BCUT2D eigenvalue weighted by Crippen LogP contribution is 2.16. The Kier molecular flexibility index (Phi) is 7.30. The first kappa shape index (κ1) is 18.8. The molecule has 0 aliphatic carbocycles. The SMILES string of the molecule is Cc1cc(NC(=O)CSCC(=O)Nc2ccc(OCCN)cc2)no1. The fourth-order valence-electron chi connectivity index (χ4n) is 1.85. The number of hydrogen-bond acceptors (Lipinski definition) is 7. The van der Waals surface area contributed by atoms with Gasteiger partial charge in [-0.05, 0) is 31.2 Å². The highest BCUT2D eigenvalue weighted by Gasteiger charge is 2.08. The zero-order chi connectivity index (χ0) is 18.1. The first-order valence-electron chi connectivity index (χ1n) is 7.60. The molecule has 2 aromatic rings. The van der Waals surface area contributed by atoms with Crippen molar-refractivity contribution in [3.8, 4) is 5.75 Å². The molecule has 9 heteroatoms. The lowest BCUT2D eigenvalue weighted by Gasteiger charge is -2.07. The summed E-state index contributed by atoms with van der Waals surface area (Å²) in [5.74, 6) is 1.55. The normalized spacial score (nSPS) is 10.3. The monoisotopic (exact) mass is 364 g/mol. The zero-order valence-electron chi connectivity index (χ0n) is 13.8. The number of aromatic nitrogens is 1. The quantitative estimate of drug-likeness (QED) is 0.618. The lowest BCUT2D eigenvalue weighted by molar-refractivity contribution is -0.114. The van der Waals surface area contributed by atoms with Gasteiger partial charge < -0.3 is 25.6 Å². The van der Waals surface area contributed by atoms with Crippen LogP contribution in [-0.2, 0) is 9.59 Å². The van der Waals surface area contributed by atoms with Crippen LogP contribution in [0.1, 0.15) is 5.76 Å². The average Bonchev–Trinajstić information content (AvgIpc) is 2.99. The molecule has 0 aliphatic rings. The molecule has 8 nitrogen and oxygen atoms in total. The van der Waals surface area contributed by atoms with Gasteiger partial charge in [0.15, 0.2) is 5.82 Å². The van der Waals surface area contributed by atoms with E-state index in [1.807, 2.05) is 0 Å². The molecule has 1 aromatic heterocycles. The molecule has 0 bridgehead atoms. The van der Waals surface area contributed by atoms with E-state index in [1.165, 1.54) is 11.8 Å². The maximum Gasteiger partial charge on any atom is 0.235 e. The minimum Gasteiger partial charge on any atom is -0.492 e. The van der Waals surface area contributed by atoms with Crippen molar-refractivity contribution in [2.75, 3.05) is 35.3 Å². The lowest BCUT2D eigenvalue weighted by Crippen LogP contribution is -2.18. The van der Waals surface area contributed by atoms with Gasteiger partial charge in [-0.2, -0.15) is 0 Å². The van der Waals surface area contributed by atoms with E-state index in [2.05, 4.69) is 15.8 Å². The number of nitrogens with two attached hydrogens (primary N) is 1. The van der Waals surface area contributed by atoms with E-state index < -0.39 is 0 Å². The first-order chi connectivity index (χ1) is 12.1. The summed E-state index contributed by atoms with van der Waals surface area (Å²) in [5.41, 5.74) is 6.02. The van der Waals surface area contributed by atoms with Gasteiger partial charge >= 0.3 is 0 Å². The first-order valence-corrected chi connectivity index (χ1v) is 8.76. The topological polar surface area (TPSA) is 119 Å². The van der Waals surface area contributed by atoms with Gasteiger partial charge in [0.1, 0.15) is 18.1 Å². The van der Waals surface area contributed by atoms with Crippen LogP contribution in [0.5, 0.6) is 5.75 Å². The summed E-state index contributed by atoms with van der Waals surface area (Å²) in [6, 6.07) is 8.62. The number of hydrogen-bond donors (Lipinski definition) is 3. The maximum atomic E-state index is 11.9. The van der Waals surface area contributed by atoms with Crippen molar-refractivity contribution in [2.45, 2.75) is 6.92 Å². The van der Waals surface area contributed by atoms with E-state index in [1.54, 1.807) is 37.3 Å². The standard InChI is InChI=1S/C16H20N4O4S/c1-11-8-14(20-24-11)19-16(22)10-25-9-15(21)18-12-2-4-13(5-3-12)23-7-6-17/h2-5,8H,6-7,9-10,17H2,1H3,(H,18,21)(H,19,20,22). The molecule has 2 amide bonds. The molecular weight excluding hydrogens is 344 g/mol. The van der Waals surface area contributed by atoms with Crippen molar-refractivity contribution in [1.29, 1.82) is 0 Å². The van der Waals surface area contributed by atoms with Gasteiger partial charge in [0.2, 0.25) is 11.8 Å². The van der Waals surface area contributed by atoms with Crippen molar-refractivity contribution in [3.05, 3.63) is 36.1 Å². The summed E-state index contributed by atoms with van der Waals surface area (Å²) < 4.78 is 10.2. The molecule has 0 unspecified atom stereocenters. The van der Waals surface area contributed by atoms with Gasteiger partial charge in [0.05, 0.1) is 11.5 Å². The molecule has 134 valence electrons. The van der Waals surface area contributed by atoms with E-state index in [9.17, 15) is 9.59 Å². The highest BCUT2D eigenvalue weighted by atomic mass is 32.2. The molecule has 0 fully saturated rings. The Morgan fingerprint density at radius 1 is 1.20 bits per heavy atom. The predicted molar refractivity (Wildman–Crippen MR) is 96.8 cm³/mol. The highest BCUT2D eigenvalue weighted by molar-refractivity contribution is 8.00. The minimum atomic E-state index is -0.243. The number of nitrogens with zero attached hydrogens (tertiary/aromatic N) is 1. The summed E-state index contributed by atoms with van der Waals surface area (Å²) in [5, 5.41) is 9.01. The van der Waals surface area contributed by atoms with Crippen LogP contribution in [0.15, 0.2) is 34.9 Å². The largest absolute Gasteiger partial charge is 0.492 e. The van der Waals surface area contributed by atoms with Gasteiger partial charge in [-0.1, -0.05) is 5.16 Å². The van der Waals surface area contributed by atoms with Crippen molar-refractivity contribution < 1.29 is 18.8 Å². The Morgan fingerprint density at radius 2 is 1.88 bits per heavy atom. The van der Waals surface area contributed by atoms with Gasteiger partial charge in [-0.3, -0.25) is 9.59 Å². The molecule has 0 radical (unpaired) electrons. The lowest BCUT2D eigenvalue weighted by atomic mass is 10.3. The van der Waals surface area contributed by atoms with Gasteiger partial charge in [-0.25, -0.2) is 0 Å². The van der Waals surface area contributed by atoms with Crippen LogP contribution in [0.25, 0.3) is 0 Å². The molecule has 25 heavy (non-hydrogen) atoms. The molecule has 2 rings (SSSR count). The van der Waals surface area contributed by atoms with Crippen LogP contribution >= 0.6 is 11.8 Å². The van der Waals surface area contributed by atoms with Crippen molar-refractivity contribution in [1.82, 2.24) is 5.16 Å². The molecule has 0 atom stereocenters. The number of benzene rings is 1. The number of rotatable bonds is 9. The number of nitrogens with one attached hydrogen (secondary N) is 2. The van der Waals surface area contributed by atoms with Crippen LogP contribution < -0.4 is 21.1 Å². The summed E-state index contributed by atoms with van der Waals surface area (Å²) in [6.45, 7) is 2.62. The summed E-state index contributed by atoms with van der Waals surface area (Å²) >= 11 is 1.21. The second-order valence-corrected chi connectivity index (χ2v) is 6.06. The molecule has 0 spiro atoms. The van der Waals surface area contributed by atoms with Gasteiger partial charge in [0.25, 0.3) is 0 Å². The number of anilines is 2. The molecule has 1 aromatic carbocycles. The Morgan fingerprint density at radius 3 is 2.48 bits per heavy atom. The number of ether oxygens (including phenoxy) is 1. The Labute approximate surface area is 149 Å². The number of thioether (sulfide) groups is 1. The Bertz CT molecular complexity index is 702. The van der Waals surface area contributed by atoms with Crippen LogP contribution in [0.2, 0.25) is 0 Å². The smallest absolute Gasteiger partial charge is 0.235 e. The van der Waals surface area contributed by atoms with Crippen molar-refractivity contribution >= 4 is 35.1 Å². The molecular formula is C16H20N4O4S. The minimum absolute atomic E-state index is 0.144. The van der Waals surface area contributed by atoms with Crippen LogP contribution in [0.3, 0.4) is 0 Å². The molecule has 4 N–H and O–H groups in total. The number of carbonyl (C=O) groups excluding carboxylic acids is 2. The predicted octanol–water partition coefficient (Wildman–Crippen LogP) is 1.63. The van der Waals surface area contributed by atoms with Crippen LogP contribution in [0.4, 0.5) is 11.5 Å². The second kappa shape index (κ2) is 9.70.